The molecule has 19 heavy (non-hydrogen) atoms. The fraction of sp³-hybridized carbons (Fsp3) is 0.385. The van der Waals surface area contributed by atoms with Gasteiger partial charge in [-0.15, -0.1) is 0 Å². The molecule has 1 amide bonds. The smallest absolute Gasteiger partial charge is 0.308 e. The minimum Gasteiger partial charge on any atom is -0.497 e. The van der Waals surface area contributed by atoms with Gasteiger partial charge in [-0.1, -0.05) is 6.92 Å². The van der Waals surface area contributed by atoms with Gasteiger partial charge in [0.15, 0.2) is 0 Å². The zero-order valence-corrected chi connectivity index (χ0v) is 11.0. The number of nitrogen functional groups attached to an aromatic ring is 1. The van der Waals surface area contributed by atoms with E-state index in [4.69, 9.17) is 15.6 Å². The van der Waals surface area contributed by atoms with Gasteiger partial charge >= 0.3 is 5.97 Å². The van der Waals surface area contributed by atoms with Gasteiger partial charge in [-0.25, -0.2) is 0 Å². The molecule has 0 radical (unpaired) electrons. The lowest BCUT2D eigenvalue weighted by Crippen LogP contribution is -2.33. The van der Waals surface area contributed by atoms with Gasteiger partial charge in [-0.05, 0) is 24.6 Å². The summed E-state index contributed by atoms with van der Waals surface area (Å²) in [5.74, 6) is -1.42. The van der Waals surface area contributed by atoms with Crippen molar-refractivity contribution in [3.63, 3.8) is 0 Å². The first kappa shape index (κ1) is 14.8. The summed E-state index contributed by atoms with van der Waals surface area (Å²) in [6.45, 7) is 1.83. The Morgan fingerprint density at radius 2 is 2.16 bits per heavy atom. The molecule has 0 aliphatic heterocycles. The highest BCUT2D eigenvalue weighted by Crippen LogP contribution is 2.19. The van der Waals surface area contributed by atoms with Crippen LogP contribution in [0.5, 0.6) is 5.75 Å². The lowest BCUT2D eigenvalue weighted by atomic mass is 10.1. The Labute approximate surface area is 111 Å². The van der Waals surface area contributed by atoms with Crippen molar-refractivity contribution in [2.75, 3.05) is 19.4 Å². The normalized spacial score (nSPS) is 11.7. The van der Waals surface area contributed by atoms with Gasteiger partial charge < -0.3 is 20.9 Å². The van der Waals surface area contributed by atoms with Gasteiger partial charge in [0.1, 0.15) is 5.75 Å². The second-order valence-corrected chi connectivity index (χ2v) is 4.11. The number of carboxylic acids is 1. The molecule has 0 fully saturated rings. The number of amides is 1. The monoisotopic (exact) mass is 266 g/mol. The van der Waals surface area contributed by atoms with Crippen LogP contribution in [0, 0.1) is 5.92 Å². The summed E-state index contributed by atoms with van der Waals surface area (Å²) in [5, 5.41) is 11.5. The highest BCUT2D eigenvalue weighted by molar-refractivity contribution is 5.99. The molecule has 6 heteroatoms. The van der Waals surface area contributed by atoms with E-state index in [0.29, 0.717) is 17.9 Å². The molecule has 0 bridgehead atoms. The molecule has 104 valence electrons. The van der Waals surface area contributed by atoms with Crippen LogP contribution in [0.4, 0.5) is 5.69 Å². The molecule has 1 aromatic carbocycles. The molecule has 0 aliphatic carbocycles. The number of carboxylic acid groups (broad SMARTS) is 1. The third-order valence-corrected chi connectivity index (χ3v) is 2.86. The Bertz CT molecular complexity index is 474. The highest BCUT2D eigenvalue weighted by atomic mass is 16.5. The number of nitrogens with one attached hydrogen (secondary N) is 1. The second kappa shape index (κ2) is 6.63. The van der Waals surface area contributed by atoms with E-state index in [1.54, 1.807) is 19.1 Å². The van der Waals surface area contributed by atoms with Crippen LogP contribution in [0.3, 0.4) is 0 Å². The molecular formula is C13H18N2O4. The maximum Gasteiger partial charge on any atom is 0.308 e. The molecule has 1 unspecified atom stereocenters. The molecule has 0 aromatic heterocycles. The lowest BCUT2D eigenvalue weighted by Gasteiger charge is -2.12. The second-order valence-electron chi connectivity index (χ2n) is 4.11. The van der Waals surface area contributed by atoms with Crippen molar-refractivity contribution in [3.8, 4) is 5.75 Å². The summed E-state index contributed by atoms with van der Waals surface area (Å²) in [4.78, 5) is 22.8. The molecule has 1 atom stereocenters. The topological polar surface area (TPSA) is 102 Å². The largest absolute Gasteiger partial charge is 0.497 e. The Balaban J connectivity index is 2.75. The minimum absolute atomic E-state index is 0.0708. The van der Waals surface area contributed by atoms with Crippen molar-refractivity contribution in [3.05, 3.63) is 23.8 Å². The summed E-state index contributed by atoms with van der Waals surface area (Å²) in [6, 6.07) is 4.74. The molecule has 1 rings (SSSR count). The molecule has 1 aromatic rings. The number of benzene rings is 1. The van der Waals surface area contributed by atoms with E-state index < -0.39 is 17.8 Å². The van der Waals surface area contributed by atoms with Gasteiger partial charge in [-0.3, -0.25) is 9.59 Å². The average molecular weight is 266 g/mol. The fourth-order valence-electron chi connectivity index (χ4n) is 1.58. The van der Waals surface area contributed by atoms with Crippen LogP contribution < -0.4 is 15.8 Å². The molecule has 6 nitrogen and oxygen atoms in total. The van der Waals surface area contributed by atoms with Crippen LogP contribution in [0.1, 0.15) is 23.7 Å². The number of nitrogens with two attached hydrogens (primary N) is 1. The molecule has 0 heterocycles. The van der Waals surface area contributed by atoms with Crippen LogP contribution >= 0.6 is 0 Å². The van der Waals surface area contributed by atoms with Crippen LogP contribution in [-0.4, -0.2) is 30.6 Å². The van der Waals surface area contributed by atoms with Crippen molar-refractivity contribution >= 4 is 17.6 Å². The number of hydrogen-bond acceptors (Lipinski definition) is 4. The highest BCUT2D eigenvalue weighted by Gasteiger charge is 2.17. The van der Waals surface area contributed by atoms with E-state index in [0.717, 1.165) is 0 Å². The van der Waals surface area contributed by atoms with Gasteiger partial charge in [0.05, 0.1) is 18.6 Å². The SMILES string of the molecule is CCC(CNC(=O)c1cc(OC)ccc1N)C(=O)O. The fourth-order valence-corrected chi connectivity index (χ4v) is 1.58. The Kier molecular flexibility index (Phi) is 5.17. The molecule has 0 spiro atoms. The maximum atomic E-state index is 11.9. The number of methoxy groups -OCH3 is 1. The van der Waals surface area contributed by atoms with E-state index in [-0.39, 0.29) is 12.1 Å². The number of rotatable bonds is 6. The van der Waals surface area contributed by atoms with Crippen molar-refractivity contribution in [2.45, 2.75) is 13.3 Å². The van der Waals surface area contributed by atoms with Crippen molar-refractivity contribution in [2.24, 2.45) is 5.92 Å². The van der Waals surface area contributed by atoms with E-state index in [9.17, 15) is 9.59 Å². The first-order chi connectivity index (χ1) is 8.99. The number of hydrogen-bond donors (Lipinski definition) is 3. The maximum absolute atomic E-state index is 11.9. The third-order valence-electron chi connectivity index (χ3n) is 2.86. The summed E-state index contributed by atoms with van der Waals surface area (Å²) >= 11 is 0. The predicted octanol–water partition coefficient (Wildman–Crippen LogP) is 1.12. The quantitative estimate of drug-likeness (QED) is 0.670. The summed E-state index contributed by atoms with van der Waals surface area (Å²) in [5.41, 5.74) is 6.31. The Morgan fingerprint density at radius 3 is 2.68 bits per heavy atom. The number of aliphatic carboxylic acids is 1. The van der Waals surface area contributed by atoms with Crippen molar-refractivity contribution < 1.29 is 19.4 Å². The zero-order chi connectivity index (χ0) is 14.4. The third kappa shape index (κ3) is 3.87. The molecular weight excluding hydrogens is 248 g/mol. The van der Waals surface area contributed by atoms with Gasteiger partial charge in [0, 0.05) is 12.2 Å². The standard InChI is InChI=1S/C13H18N2O4/c1-3-8(13(17)18)7-15-12(16)10-6-9(19-2)4-5-11(10)14/h4-6,8H,3,7,14H2,1-2H3,(H,15,16)(H,17,18). The molecule has 0 saturated carbocycles. The van der Waals surface area contributed by atoms with E-state index in [2.05, 4.69) is 5.32 Å². The first-order valence-corrected chi connectivity index (χ1v) is 5.94. The average Bonchev–Trinajstić information content (AvgIpc) is 2.39. The van der Waals surface area contributed by atoms with Gasteiger partial charge in [0.25, 0.3) is 5.91 Å². The van der Waals surface area contributed by atoms with E-state index >= 15 is 0 Å². The Morgan fingerprint density at radius 1 is 1.47 bits per heavy atom. The summed E-state index contributed by atoms with van der Waals surface area (Å²) < 4.78 is 5.02. The van der Waals surface area contributed by atoms with E-state index in [1.165, 1.54) is 13.2 Å². The van der Waals surface area contributed by atoms with Gasteiger partial charge in [0.2, 0.25) is 0 Å². The Hall–Kier alpha value is -2.24. The van der Waals surface area contributed by atoms with E-state index in [1.807, 2.05) is 0 Å². The van der Waals surface area contributed by atoms with Crippen LogP contribution in [0.2, 0.25) is 0 Å². The summed E-state index contributed by atoms with van der Waals surface area (Å²) in [6.07, 6.45) is 0.448. The van der Waals surface area contributed by atoms with Crippen LogP contribution in [0.25, 0.3) is 0 Å². The number of carbonyl (C=O) groups is 2. The van der Waals surface area contributed by atoms with Crippen molar-refractivity contribution in [1.82, 2.24) is 5.32 Å². The molecule has 4 N–H and O–H groups in total. The summed E-state index contributed by atoms with van der Waals surface area (Å²) in [7, 11) is 1.49. The molecule has 0 aliphatic rings. The molecule has 0 saturated heterocycles. The van der Waals surface area contributed by atoms with Crippen LogP contribution in [-0.2, 0) is 4.79 Å². The lowest BCUT2D eigenvalue weighted by molar-refractivity contribution is -0.141. The first-order valence-electron chi connectivity index (χ1n) is 5.94. The van der Waals surface area contributed by atoms with Crippen molar-refractivity contribution in [1.29, 1.82) is 0 Å². The van der Waals surface area contributed by atoms with Crippen LogP contribution in [0.15, 0.2) is 18.2 Å². The number of carbonyl (C=O) groups excluding carboxylic acids is 1. The number of ether oxygens (including phenoxy) is 1. The number of anilines is 1. The van der Waals surface area contributed by atoms with Gasteiger partial charge in [-0.2, -0.15) is 0 Å². The zero-order valence-electron chi connectivity index (χ0n) is 11.0. The minimum atomic E-state index is -0.929. The predicted molar refractivity (Wildman–Crippen MR) is 71.2 cm³/mol.